The molecule has 0 heterocycles. The quantitative estimate of drug-likeness (QED) is 0.624. The van der Waals surface area contributed by atoms with E-state index in [-0.39, 0.29) is 0 Å². The largest absolute Gasteiger partial charge is 0.497 e. The second-order valence-corrected chi connectivity index (χ2v) is 6.38. The summed E-state index contributed by atoms with van der Waals surface area (Å²) in [6.07, 6.45) is 0. The molecule has 0 bridgehead atoms. The lowest BCUT2D eigenvalue weighted by Gasteiger charge is -2.21. The molecule has 0 fully saturated rings. The highest BCUT2D eigenvalue weighted by molar-refractivity contribution is 6.42. The zero-order chi connectivity index (χ0) is 17.3. The molecule has 0 radical (unpaired) electrons. The normalized spacial score (nSPS) is 10.6. The van der Waals surface area contributed by atoms with Gasteiger partial charge in [-0.15, -0.1) is 0 Å². The van der Waals surface area contributed by atoms with E-state index in [4.69, 9.17) is 4.74 Å². The van der Waals surface area contributed by atoms with Crippen molar-refractivity contribution in [1.29, 1.82) is 0 Å². The van der Waals surface area contributed by atoms with Crippen LogP contribution >= 0.6 is 0 Å². The Labute approximate surface area is 147 Å². The first kappa shape index (κ1) is 16.5. The Hall–Kier alpha value is -2.35. The maximum Gasteiger partial charge on any atom is 0.145 e. The van der Waals surface area contributed by atoms with Crippen LogP contribution in [0.1, 0.15) is 5.56 Å². The summed E-state index contributed by atoms with van der Waals surface area (Å²) in [6, 6.07) is 19.3. The van der Waals surface area contributed by atoms with E-state index in [0.29, 0.717) is 0 Å². The number of hydrogen-bond donors (Lipinski definition) is 0. The Balaban J connectivity index is 2.37. The third kappa shape index (κ3) is 2.77. The minimum atomic E-state index is 0.942. The van der Waals surface area contributed by atoms with Crippen LogP contribution in [0.25, 0.3) is 22.3 Å². The third-order valence-electron chi connectivity index (χ3n) is 4.87. The SMILES string of the molecule is Bc1ccccc1-c1cc(OC)c(B)c(-c2ccccc2B)c1C. The molecule has 0 amide bonds. The molecular formula is C20H21B3O. The van der Waals surface area contributed by atoms with Gasteiger partial charge >= 0.3 is 0 Å². The fraction of sp³-hybridized carbons (Fsp3) is 0.100. The Bertz CT molecular complexity index is 903. The molecule has 3 rings (SSSR count). The van der Waals surface area contributed by atoms with Crippen molar-refractivity contribution in [2.75, 3.05) is 7.11 Å². The van der Waals surface area contributed by atoms with Gasteiger partial charge in [-0.25, -0.2) is 0 Å². The number of methoxy groups -OCH3 is 1. The lowest BCUT2D eigenvalue weighted by Crippen LogP contribution is -2.18. The van der Waals surface area contributed by atoms with Crippen molar-refractivity contribution in [2.45, 2.75) is 6.92 Å². The van der Waals surface area contributed by atoms with Gasteiger partial charge in [0, 0.05) is 0 Å². The minimum Gasteiger partial charge on any atom is -0.497 e. The number of rotatable bonds is 3. The zero-order valence-corrected chi connectivity index (χ0v) is 15.1. The van der Waals surface area contributed by atoms with E-state index in [9.17, 15) is 0 Å². The fourth-order valence-corrected chi connectivity index (χ4v) is 3.51. The molecule has 1 nitrogen and oxygen atoms in total. The summed E-state index contributed by atoms with van der Waals surface area (Å²) in [5.41, 5.74) is 10.1. The highest BCUT2D eigenvalue weighted by Crippen LogP contribution is 2.32. The zero-order valence-electron chi connectivity index (χ0n) is 15.1. The average molecular weight is 310 g/mol. The van der Waals surface area contributed by atoms with E-state index in [1.54, 1.807) is 7.11 Å². The first-order chi connectivity index (χ1) is 11.5. The number of hydrogen-bond acceptors (Lipinski definition) is 1. The predicted molar refractivity (Wildman–Crippen MR) is 113 cm³/mol. The van der Waals surface area contributed by atoms with Crippen molar-refractivity contribution in [3.63, 3.8) is 0 Å². The molecule has 4 heteroatoms. The van der Waals surface area contributed by atoms with E-state index >= 15 is 0 Å². The lowest BCUT2D eigenvalue weighted by molar-refractivity contribution is 0.418. The van der Waals surface area contributed by atoms with Gasteiger partial charge in [-0.1, -0.05) is 59.5 Å². The van der Waals surface area contributed by atoms with Crippen molar-refractivity contribution < 1.29 is 4.74 Å². The Kier molecular flexibility index (Phi) is 4.57. The van der Waals surface area contributed by atoms with Gasteiger partial charge < -0.3 is 4.74 Å². The Morgan fingerprint density at radius 2 is 1.29 bits per heavy atom. The molecule has 0 saturated heterocycles. The molecule has 24 heavy (non-hydrogen) atoms. The second-order valence-electron chi connectivity index (χ2n) is 6.38. The van der Waals surface area contributed by atoms with Crippen LogP contribution < -0.4 is 21.1 Å². The van der Waals surface area contributed by atoms with Gasteiger partial charge in [-0.05, 0) is 46.3 Å². The van der Waals surface area contributed by atoms with E-state index in [1.165, 1.54) is 44.2 Å². The highest BCUT2D eigenvalue weighted by Gasteiger charge is 2.17. The second kappa shape index (κ2) is 6.64. The van der Waals surface area contributed by atoms with E-state index < -0.39 is 0 Å². The van der Waals surface area contributed by atoms with Crippen LogP contribution in [0.5, 0.6) is 5.75 Å². The van der Waals surface area contributed by atoms with Gasteiger partial charge in [0.2, 0.25) is 0 Å². The molecule has 0 unspecified atom stereocenters. The van der Waals surface area contributed by atoms with Crippen LogP contribution in [0.2, 0.25) is 0 Å². The monoisotopic (exact) mass is 310 g/mol. The fourth-order valence-electron chi connectivity index (χ4n) is 3.51. The van der Waals surface area contributed by atoms with Crippen LogP contribution in [0.15, 0.2) is 54.6 Å². The topological polar surface area (TPSA) is 9.23 Å². The Morgan fingerprint density at radius 1 is 0.750 bits per heavy atom. The first-order valence-corrected chi connectivity index (χ1v) is 8.34. The molecule has 0 aliphatic carbocycles. The van der Waals surface area contributed by atoms with E-state index in [0.717, 1.165) is 5.75 Å². The van der Waals surface area contributed by atoms with Crippen LogP contribution in [0.3, 0.4) is 0 Å². The maximum atomic E-state index is 5.70. The summed E-state index contributed by atoms with van der Waals surface area (Å²) in [7, 11) is 8.23. The van der Waals surface area contributed by atoms with Crippen molar-refractivity contribution in [2.24, 2.45) is 0 Å². The van der Waals surface area contributed by atoms with E-state index in [1.807, 2.05) is 0 Å². The molecule has 0 aromatic heterocycles. The molecule has 116 valence electrons. The smallest absolute Gasteiger partial charge is 0.145 e. The lowest BCUT2D eigenvalue weighted by atomic mass is 9.75. The maximum absolute atomic E-state index is 5.70. The molecule has 0 spiro atoms. The minimum absolute atomic E-state index is 0.942. The third-order valence-corrected chi connectivity index (χ3v) is 4.87. The van der Waals surface area contributed by atoms with Gasteiger partial charge in [0.25, 0.3) is 0 Å². The molecule has 0 aliphatic heterocycles. The average Bonchev–Trinajstić information content (AvgIpc) is 2.58. The van der Waals surface area contributed by atoms with Crippen molar-refractivity contribution >= 4 is 39.9 Å². The molecule has 3 aromatic rings. The number of benzene rings is 3. The van der Waals surface area contributed by atoms with Crippen molar-refractivity contribution in [1.82, 2.24) is 0 Å². The standard InChI is InChI=1S/C20H21B3O/c1-12-15(13-7-3-5-9-16(13)21)11-18(24-2)20(23)19(12)14-8-4-6-10-17(14)22/h3-11H,21-23H2,1-2H3. The highest BCUT2D eigenvalue weighted by atomic mass is 16.5. The molecule has 0 saturated carbocycles. The molecule has 0 atom stereocenters. The van der Waals surface area contributed by atoms with Crippen LogP contribution in [0.4, 0.5) is 0 Å². The van der Waals surface area contributed by atoms with Gasteiger partial charge in [0.1, 0.15) is 29.3 Å². The van der Waals surface area contributed by atoms with Gasteiger partial charge in [0.15, 0.2) is 0 Å². The van der Waals surface area contributed by atoms with Gasteiger partial charge in [0.05, 0.1) is 7.11 Å². The summed E-state index contributed by atoms with van der Waals surface area (Å²) >= 11 is 0. The summed E-state index contributed by atoms with van der Waals surface area (Å²) in [5, 5.41) is 0. The molecule has 0 aliphatic rings. The molecule has 0 N–H and O–H groups in total. The number of ether oxygens (including phenoxy) is 1. The molecular weight excluding hydrogens is 289 g/mol. The molecule has 3 aromatic carbocycles. The first-order valence-electron chi connectivity index (χ1n) is 8.34. The predicted octanol–water partition coefficient (Wildman–Crippen LogP) is 0.113. The van der Waals surface area contributed by atoms with Crippen LogP contribution in [-0.2, 0) is 0 Å². The van der Waals surface area contributed by atoms with Crippen molar-refractivity contribution in [3.05, 3.63) is 60.2 Å². The summed E-state index contributed by atoms with van der Waals surface area (Å²) in [4.78, 5) is 0. The van der Waals surface area contributed by atoms with Crippen LogP contribution in [0, 0.1) is 6.92 Å². The van der Waals surface area contributed by atoms with Crippen LogP contribution in [-0.4, -0.2) is 30.6 Å². The Morgan fingerprint density at radius 3 is 1.83 bits per heavy atom. The summed E-state index contributed by atoms with van der Waals surface area (Å²) in [5.74, 6) is 0.942. The summed E-state index contributed by atoms with van der Waals surface area (Å²) in [6.45, 7) is 2.22. The van der Waals surface area contributed by atoms with E-state index in [2.05, 4.69) is 85.1 Å². The van der Waals surface area contributed by atoms with Crippen molar-refractivity contribution in [3.8, 4) is 28.0 Å². The van der Waals surface area contributed by atoms with Gasteiger partial charge in [-0.2, -0.15) is 0 Å². The summed E-state index contributed by atoms with van der Waals surface area (Å²) < 4.78 is 5.70. The van der Waals surface area contributed by atoms with Gasteiger partial charge in [-0.3, -0.25) is 0 Å².